The van der Waals surface area contributed by atoms with Gasteiger partial charge in [-0.05, 0) is 0 Å². The largest absolute Gasteiger partial charge is 0.358 e. The van der Waals surface area contributed by atoms with Gasteiger partial charge in [0.15, 0.2) is 1.41 Å². The quantitative estimate of drug-likeness (QED) is 0.507. The lowest BCUT2D eigenvalue weighted by Gasteiger charge is -1.98. The first-order valence-electron chi connectivity index (χ1n) is 5.95. The van der Waals surface area contributed by atoms with Gasteiger partial charge in [0, 0.05) is 22.1 Å². The number of likely N-dealkylation sites (N-methyl/N-ethyl adjacent to an activating group) is 1. The van der Waals surface area contributed by atoms with Crippen molar-refractivity contribution >= 4 is 11.8 Å². The molecule has 0 aliphatic rings. The van der Waals surface area contributed by atoms with Crippen LogP contribution < -0.4 is 10.6 Å². The standard InChI is InChI=1S/C5H10N2O2/c1-4(8)7-3-5(9)6-2/h3H2,1-2H3,(H,6,9)(H,7,8)/i1D3,2D3,3D/hD. The van der Waals surface area contributed by atoms with E-state index in [9.17, 15) is 9.59 Å². The fourth-order valence-corrected chi connectivity index (χ4v) is 0.150. The SMILES string of the molecule is [2H]C(C(=O)NC([2H])([2H])[2H])N([2H])C(=O)C([2H])([2H])[2H]. The first-order valence-corrected chi connectivity index (χ1v) is 1.93. The third kappa shape index (κ3) is 4.80. The molecule has 52 valence electrons. The molecule has 0 bridgehead atoms. The van der Waals surface area contributed by atoms with Gasteiger partial charge in [0.1, 0.15) is 0 Å². The highest BCUT2D eigenvalue weighted by atomic mass is 16.2. The van der Waals surface area contributed by atoms with Crippen molar-refractivity contribution in [3.8, 4) is 0 Å². The van der Waals surface area contributed by atoms with Gasteiger partial charge in [-0.3, -0.25) is 9.59 Å². The summed E-state index contributed by atoms with van der Waals surface area (Å²) in [4.78, 5) is 22.1. The number of hydrogen-bond donors (Lipinski definition) is 2. The highest BCUT2D eigenvalue weighted by Gasteiger charge is 1.95. The molecule has 0 radical (unpaired) electrons. The molecule has 0 heterocycles. The number of carbonyl (C=O) groups is 2. The van der Waals surface area contributed by atoms with Crippen LogP contribution in [0.15, 0.2) is 0 Å². The third-order valence-corrected chi connectivity index (χ3v) is 0.422. The van der Waals surface area contributed by atoms with Crippen LogP contribution in [0.3, 0.4) is 0 Å². The zero-order valence-electron chi connectivity index (χ0n) is 12.3. The fourth-order valence-electron chi connectivity index (χ4n) is 0.150. The summed E-state index contributed by atoms with van der Waals surface area (Å²) in [5.41, 5.74) is 0. The molecule has 1 unspecified atom stereocenters. The summed E-state index contributed by atoms with van der Waals surface area (Å²) >= 11 is 0. The number of rotatable bonds is 2. The topological polar surface area (TPSA) is 58.2 Å². The van der Waals surface area contributed by atoms with E-state index in [-0.39, 0.29) is 0 Å². The Morgan fingerprint density at radius 3 is 3.22 bits per heavy atom. The van der Waals surface area contributed by atoms with E-state index in [1.807, 2.05) is 0 Å². The summed E-state index contributed by atoms with van der Waals surface area (Å²) in [6, 6.07) is 0. The Kier molecular flexibility index (Phi) is 0.739. The average Bonchev–Trinajstić information content (AvgIpc) is 2.10. The van der Waals surface area contributed by atoms with Crippen molar-refractivity contribution in [3.63, 3.8) is 0 Å². The number of amides is 2. The zero-order valence-corrected chi connectivity index (χ0v) is 4.34. The molecule has 0 aromatic rings. The Hall–Kier alpha value is -1.06. The number of carbonyl (C=O) groups excluding carboxylic acids is 2. The Morgan fingerprint density at radius 1 is 1.89 bits per heavy atom. The lowest BCUT2D eigenvalue weighted by molar-refractivity contribution is -0.124. The molecule has 1 atom stereocenters. The molecule has 2 N–H and O–H groups in total. The van der Waals surface area contributed by atoms with Gasteiger partial charge in [0.05, 0.1) is 7.89 Å². The second kappa shape index (κ2) is 3.88. The van der Waals surface area contributed by atoms with Crippen molar-refractivity contribution in [1.29, 1.82) is 0 Å². The number of hydrogen-bond acceptors (Lipinski definition) is 2. The van der Waals surface area contributed by atoms with Crippen LogP contribution in [-0.2, 0) is 9.59 Å². The molecule has 0 saturated heterocycles. The summed E-state index contributed by atoms with van der Waals surface area (Å²) in [5, 5.41) is 0.987. The molecule has 0 rings (SSSR count). The minimum absolute atomic E-state index is 0.395. The molecule has 9 heavy (non-hydrogen) atoms. The van der Waals surface area contributed by atoms with Crippen LogP contribution in [0.5, 0.6) is 0 Å². The summed E-state index contributed by atoms with van der Waals surface area (Å²) in [6.45, 7) is -8.30. The van der Waals surface area contributed by atoms with Crippen molar-refractivity contribution in [3.05, 3.63) is 0 Å². The van der Waals surface area contributed by atoms with Gasteiger partial charge in [0.25, 0.3) is 0 Å². The summed E-state index contributed by atoms with van der Waals surface area (Å²) in [5.74, 6) is -3.20. The Balaban J connectivity index is 4.67. The molecule has 0 saturated carbocycles. The van der Waals surface area contributed by atoms with Crippen molar-refractivity contribution in [2.45, 2.75) is 6.85 Å². The molecule has 4 heteroatoms. The van der Waals surface area contributed by atoms with Gasteiger partial charge < -0.3 is 10.6 Å². The van der Waals surface area contributed by atoms with Crippen LogP contribution in [0, 0.1) is 0 Å². The van der Waals surface area contributed by atoms with E-state index in [1.165, 1.54) is 5.32 Å². The van der Waals surface area contributed by atoms with E-state index in [4.69, 9.17) is 11.0 Å². The third-order valence-electron chi connectivity index (χ3n) is 0.422. The molecule has 0 fully saturated rings. The normalized spacial score (nSPS) is 27.6. The van der Waals surface area contributed by atoms with Crippen LogP contribution in [-0.4, -0.2) is 25.3 Å². The summed E-state index contributed by atoms with van der Waals surface area (Å²) in [6.07, 6.45) is 0. The first-order chi connectivity index (χ1) is 7.36. The van der Waals surface area contributed by atoms with E-state index in [2.05, 4.69) is 0 Å². The molecular weight excluding hydrogens is 120 g/mol. The Morgan fingerprint density at radius 2 is 2.67 bits per heavy atom. The molecule has 4 nitrogen and oxygen atoms in total. The first kappa shape index (κ1) is 1.71. The van der Waals surface area contributed by atoms with Crippen molar-refractivity contribution < 1.29 is 20.6 Å². The average molecular weight is 138 g/mol. The fraction of sp³-hybridized carbons (Fsp3) is 0.600. The second-order valence-corrected chi connectivity index (χ2v) is 1.05. The lowest BCUT2D eigenvalue weighted by atomic mass is 10.5. The van der Waals surface area contributed by atoms with E-state index in [0.29, 0.717) is 0 Å². The number of nitrogens with one attached hydrogen (secondary N) is 2. The predicted octanol–water partition coefficient (Wildman–Crippen LogP) is -1.13. The van der Waals surface area contributed by atoms with Crippen LogP contribution in [0.2, 0.25) is 1.41 Å². The molecule has 0 aliphatic carbocycles. The van der Waals surface area contributed by atoms with Crippen LogP contribution in [0.4, 0.5) is 0 Å². The van der Waals surface area contributed by atoms with Gasteiger partial charge in [-0.1, -0.05) is 0 Å². The Labute approximate surface area is 64.9 Å². The van der Waals surface area contributed by atoms with E-state index >= 15 is 0 Å². The predicted molar refractivity (Wildman–Crippen MR) is 32.8 cm³/mol. The van der Waals surface area contributed by atoms with Gasteiger partial charge >= 0.3 is 0 Å². The van der Waals surface area contributed by atoms with Gasteiger partial charge in [-0.15, -0.1) is 0 Å². The highest BCUT2D eigenvalue weighted by molar-refractivity contribution is 5.83. The monoisotopic (exact) mass is 138 g/mol. The maximum absolute atomic E-state index is 11.1. The van der Waals surface area contributed by atoms with Crippen LogP contribution in [0.1, 0.15) is 16.4 Å². The van der Waals surface area contributed by atoms with Crippen molar-refractivity contribution in [2.24, 2.45) is 0 Å². The Bertz CT molecular complexity index is 310. The highest BCUT2D eigenvalue weighted by Crippen LogP contribution is 1.61. The maximum atomic E-state index is 11.1. The van der Waals surface area contributed by atoms with Crippen molar-refractivity contribution in [1.82, 2.24) is 10.6 Å². The summed E-state index contributed by atoms with van der Waals surface area (Å²) < 4.78 is 54.1. The molecule has 0 spiro atoms. The van der Waals surface area contributed by atoms with Crippen molar-refractivity contribution in [2.75, 3.05) is 13.5 Å². The van der Waals surface area contributed by atoms with Crippen LogP contribution in [0.25, 0.3) is 0 Å². The minimum atomic E-state index is -3.17. The zero-order chi connectivity index (χ0) is 14.0. The lowest BCUT2D eigenvalue weighted by Crippen LogP contribution is -2.33. The van der Waals surface area contributed by atoms with E-state index < -0.39 is 37.5 Å². The van der Waals surface area contributed by atoms with Gasteiger partial charge in [-0.25, -0.2) is 0 Å². The smallest absolute Gasteiger partial charge is 0.239 e. The summed E-state index contributed by atoms with van der Waals surface area (Å²) in [7, 11) is 0. The molecule has 2 amide bonds. The van der Waals surface area contributed by atoms with E-state index in [0.717, 1.165) is 0 Å². The van der Waals surface area contributed by atoms with Gasteiger partial charge in [0.2, 0.25) is 11.8 Å². The minimum Gasteiger partial charge on any atom is -0.358 e. The molecular formula is C5H10N2O2. The molecule has 0 aromatic heterocycles. The molecule has 0 aliphatic heterocycles. The van der Waals surface area contributed by atoms with Crippen LogP contribution >= 0.6 is 0 Å². The second-order valence-electron chi connectivity index (χ2n) is 1.05. The van der Waals surface area contributed by atoms with E-state index in [1.54, 1.807) is 0 Å². The molecule has 0 aromatic carbocycles. The maximum Gasteiger partial charge on any atom is 0.239 e. The van der Waals surface area contributed by atoms with Gasteiger partial charge in [-0.2, -0.15) is 0 Å².